The van der Waals surface area contributed by atoms with Gasteiger partial charge in [-0.25, -0.2) is 12.8 Å². The molecule has 3 aromatic carbocycles. The van der Waals surface area contributed by atoms with Crippen molar-refractivity contribution in [2.75, 3.05) is 0 Å². The first kappa shape index (κ1) is 20.9. The van der Waals surface area contributed by atoms with Crippen LogP contribution in [0.2, 0.25) is 0 Å². The molecule has 146 valence electrons. The Kier molecular flexibility index (Phi) is 5.87. The van der Waals surface area contributed by atoms with Crippen LogP contribution in [0.4, 0.5) is 4.39 Å². The number of sulfone groups is 1. The van der Waals surface area contributed by atoms with Gasteiger partial charge in [-0.3, -0.25) is 4.79 Å². The molecule has 0 radical (unpaired) electrons. The van der Waals surface area contributed by atoms with Crippen LogP contribution in [0.25, 0.3) is 10.8 Å². The molecule has 1 amide bonds. The number of hydrogen-bond donors (Lipinski definition) is 1. The maximum atomic E-state index is 13.1. The van der Waals surface area contributed by atoms with Gasteiger partial charge in [-0.1, -0.05) is 65.1 Å². The number of fused-ring (bicyclic) bond motifs is 1. The Morgan fingerprint density at radius 2 is 1.54 bits per heavy atom. The Hall–Kier alpha value is -1.86. The van der Waals surface area contributed by atoms with E-state index in [2.05, 4.69) is 5.32 Å². The smallest absolute Gasteiger partial charge is 0.252 e. The highest BCUT2D eigenvalue weighted by molar-refractivity contribution is 7.92. The summed E-state index contributed by atoms with van der Waals surface area (Å²) in [7, 11) is -4.26. The highest BCUT2D eigenvalue weighted by Gasteiger charge is 2.44. The van der Waals surface area contributed by atoms with Crippen molar-refractivity contribution < 1.29 is 17.6 Å². The molecule has 3 rings (SSSR count). The van der Waals surface area contributed by atoms with Crippen LogP contribution >= 0.6 is 34.8 Å². The number of rotatable bonds is 4. The van der Waals surface area contributed by atoms with Crippen LogP contribution in [0.15, 0.2) is 71.6 Å². The summed E-state index contributed by atoms with van der Waals surface area (Å²) in [5.74, 6) is -1.36. The molecule has 1 atom stereocenters. The van der Waals surface area contributed by atoms with Gasteiger partial charge in [-0.15, -0.1) is 0 Å². The summed E-state index contributed by atoms with van der Waals surface area (Å²) in [4.78, 5) is 12.3. The first-order valence-corrected chi connectivity index (χ1v) is 10.6. The molecule has 0 saturated heterocycles. The summed E-state index contributed by atoms with van der Waals surface area (Å²) < 4.78 is 36.9. The number of alkyl halides is 3. The van der Waals surface area contributed by atoms with Crippen LogP contribution in [-0.2, 0) is 9.84 Å². The van der Waals surface area contributed by atoms with Crippen molar-refractivity contribution in [2.24, 2.45) is 0 Å². The molecule has 4 nitrogen and oxygen atoms in total. The van der Waals surface area contributed by atoms with E-state index in [1.165, 1.54) is 24.3 Å². The quantitative estimate of drug-likeness (QED) is 0.565. The van der Waals surface area contributed by atoms with Crippen molar-refractivity contribution in [3.63, 3.8) is 0 Å². The van der Waals surface area contributed by atoms with Crippen LogP contribution in [0.1, 0.15) is 10.4 Å². The molecule has 0 spiro atoms. The molecular weight excluding hydrogens is 448 g/mol. The van der Waals surface area contributed by atoms with Crippen molar-refractivity contribution in [3.05, 3.63) is 78.1 Å². The minimum Gasteiger partial charge on any atom is -0.332 e. The Morgan fingerprint density at radius 3 is 2.14 bits per heavy atom. The van der Waals surface area contributed by atoms with Crippen molar-refractivity contribution in [3.8, 4) is 0 Å². The number of nitrogens with one attached hydrogen (secondary N) is 1. The first-order chi connectivity index (χ1) is 13.1. The van der Waals surface area contributed by atoms with E-state index in [1.54, 1.807) is 18.2 Å². The average molecular weight is 461 g/mol. The number of amides is 1. The van der Waals surface area contributed by atoms with Crippen molar-refractivity contribution >= 4 is 61.3 Å². The third-order valence-electron chi connectivity index (χ3n) is 4.03. The Morgan fingerprint density at radius 1 is 0.929 bits per heavy atom. The highest BCUT2D eigenvalue weighted by Crippen LogP contribution is 2.36. The van der Waals surface area contributed by atoms with E-state index in [0.717, 1.165) is 17.5 Å². The third kappa shape index (κ3) is 4.41. The predicted molar refractivity (Wildman–Crippen MR) is 109 cm³/mol. The van der Waals surface area contributed by atoms with E-state index in [-0.39, 0.29) is 10.5 Å². The largest absolute Gasteiger partial charge is 0.332 e. The van der Waals surface area contributed by atoms with Crippen molar-refractivity contribution in [1.82, 2.24) is 5.32 Å². The fraction of sp³-hybridized carbons (Fsp3) is 0.105. The normalized spacial score (nSPS) is 13.3. The van der Waals surface area contributed by atoms with Crippen LogP contribution in [0.3, 0.4) is 0 Å². The zero-order valence-electron chi connectivity index (χ0n) is 14.1. The summed E-state index contributed by atoms with van der Waals surface area (Å²) >= 11 is 17.7. The van der Waals surface area contributed by atoms with Gasteiger partial charge >= 0.3 is 0 Å². The molecule has 0 heterocycles. The van der Waals surface area contributed by atoms with E-state index in [9.17, 15) is 17.6 Å². The minimum atomic E-state index is -4.26. The molecule has 28 heavy (non-hydrogen) atoms. The van der Waals surface area contributed by atoms with Gasteiger partial charge < -0.3 is 5.32 Å². The van der Waals surface area contributed by atoms with Gasteiger partial charge in [0.2, 0.25) is 13.6 Å². The molecule has 1 N–H and O–H groups in total. The van der Waals surface area contributed by atoms with E-state index in [0.29, 0.717) is 5.39 Å². The van der Waals surface area contributed by atoms with Gasteiger partial charge in [-0.05, 0) is 47.2 Å². The van der Waals surface area contributed by atoms with Gasteiger partial charge in [0.25, 0.3) is 5.91 Å². The summed E-state index contributed by atoms with van der Waals surface area (Å²) in [5.41, 5.74) is 0.0226. The molecule has 9 heteroatoms. The topological polar surface area (TPSA) is 63.2 Å². The minimum absolute atomic E-state index is 0.0226. The SMILES string of the molecule is O=C(NC(C(Cl)(Cl)Cl)S(=O)(=O)c1ccc2ccccc2c1)c1ccc(F)cc1. The summed E-state index contributed by atoms with van der Waals surface area (Å²) in [6.45, 7) is 0. The molecule has 0 fully saturated rings. The number of carbonyl (C=O) groups is 1. The zero-order chi connectivity index (χ0) is 20.5. The standard InChI is InChI=1S/C19H13Cl3FNO3S/c20-19(21,22)18(24-17(25)13-5-8-15(23)9-6-13)28(26,27)16-10-7-12-3-1-2-4-14(12)11-16/h1-11,18H,(H,24,25). The molecule has 0 saturated carbocycles. The van der Waals surface area contributed by atoms with Gasteiger partial charge in [0.05, 0.1) is 4.90 Å². The lowest BCUT2D eigenvalue weighted by Gasteiger charge is -2.25. The maximum Gasteiger partial charge on any atom is 0.252 e. The number of benzene rings is 3. The highest BCUT2D eigenvalue weighted by atomic mass is 35.6. The molecule has 1 unspecified atom stereocenters. The van der Waals surface area contributed by atoms with Gasteiger partial charge in [0.1, 0.15) is 5.82 Å². The molecule has 0 aliphatic carbocycles. The zero-order valence-corrected chi connectivity index (χ0v) is 17.2. The van der Waals surface area contributed by atoms with E-state index >= 15 is 0 Å². The Bertz CT molecular complexity index is 1130. The predicted octanol–water partition coefficient (Wildman–Crippen LogP) is 4.88. The van der Waals surface area contributed by atoms with Crippen LogP contribution in [0.5, 0.6) is 0 Å². The summed E-state index contributed by atoms with van der Waals surface area (Å²) in [6, 6.07) is 16.1. The lowest BCUT2D eigenvalue weighted by atomic mass is 10.1. The van der Waals surface area contributed by atoms with Crippen molar-refractivity contribution in [1.29, 1.82) is 0 Å². The number of hydrogen-bond acceptors (Lipinski definition) is 3. The number of halogens is 4. The maximum absolute atomic E-state index is 13.1. The fourth-order valence-corrected chi connectivity index (χ4v) is 5.27. The van der Waals surface area contributed by atoms with Crippen molar-refractivity contribution in [2.45, 2.75) is 14.1 Å². The Balaban J connectivity index is 1.99. The second-order valence-electron chi connectivity index (χ2n) is 5.96. The molecule has 3 aromatic rings. The van der Waals surface area contributed by atoms with E-state index in [1.807, 2.05) is 12.1 Å². The van der Waals surface area contributed by atoms with Crippen LogP contribution in [0, 0.1) is 5.82 Å². The lowest BCUT2D eigenvalue weighted by molar-refractivity contribution is 0.0948. The van der Waals surface area contributed by atoms with E-state index in [4.69, 9.17) is 34.8 Å². The Labute approximate surface area is 176 Å². The molecule has 0 aliphatic heterocycles. The first-order valence-electron chi connectivity index (χ1n) is 7.95. The molecule has 0 bridgehead atoms. The van der Waals surface area contributed by atoms with Gasteiger partial charge in [-0.2, -0.15) is 0 Å². The van der Waals surface area contributed by atoms with Crippen LogP contribution in [-0.4, -0.2) is 23.5 Å². The average Bonchev–Trinajstić information content (AvgIpc) is 2.65. The van der Waals surface area contributed by atoms with Gasteiger partial charge in [0, 0.05) is 5.56 Å². The summed E-state index contributed by atoms with van der Waals surface area (Å²) in [5, 5.41) is 1.89. The second kappa shape index (κ2) is 7.87. The second-order valence-corrected chi connectivity index (χ2v) is 10.4. The molecule has 0 aromatic heterocycles. The van der Waals surface area contributed by atoms with E-state index < -0.39 is 30.7 Å². The van der Waals surface area contributed by atoms with Gasteiger partial charge in [0.15, 0.2) is 5.37 Å². The van der Waals surface area contributed by atoms with Crippen LogP contribution < -0.4 is 5.32 Å². The lowest BCUT2D eigenvalue weighted by Crippen LogP contribution is -2.49. The molecule has 0 aliphatic rings. The fourth-order valence-electron chi connectivity index (χ4n) is 2.62. The number of carbonyl (C=O) groups excluding carboxylic acids is 1. The third-order valence-corrected chi connectivity index (χ3v) is 7.07. The monoisotopic (exact) mass is 459 g/mol. The summed E-state index contributed by atoms with van der Waals surface area (Å²) in [6.07, 6.45) is 0. The molecular formula is C19H13Cl3FNO3S.